The van der Waals surface area contributed by atoms with Gasteiger partial charge in [0.05, 0.1) is 6.61 Å². The molecule has 0 amide bonds. The molecular formula is C10H8F3N3O3. The zero-order valence-corrected chi connectivity index (χ0v) is 9.61. The van der Waals surface area contributed by atoms with Crippen molar-refractivity contribution in [3.63, 3.8) is 0 Å². The number of nitriles is 1. The molecule has 0 spiro atoms. The van der Waals surface area contributed by atoms with Crippen LogP contribution in [0, 0.1) is 11.3 Å². The van der Waals surface area contributed by atoms with Crippen molar-refractivity contribution in [2.24, 2.45) is 0 Å². The lowest BCUT2D eigenvalue weighted by Crippen LogP contribution is -2.21. The molecule has 1 rings (SSSR count). The van der Waals surface area contributed by atoms with Gasteiger partial charge in [0.1, 0.15) is 17.3 Å². The molecule has 0 aliphatic heterocycles. The molecule has 0 atom stereocenters. The highest BCUT2D eigenvalue weighted by atomic mass is 19.4. The molecule has 0 fully saturated rings. The van der Waals surface area contributed by atoms with Crippen molar-refractivity contribution in [2.75, 3.05) is 12.3 Å². The molecule has 0 aliphatic rings. The number of esters is 1. The first-order valence-corrected chi connectivity index (χ1v) is 4.92. The van der Waals surface area contributed by atoms with Gasteiger partial charge in [0.25, 0.3) is 0 Å². The number of ether oxygens (including phenoxy) is 2. The Labute approximate surface area is 105 Å². The Kier molecular flexibility index (Phi) is 4.16. The van der Waals surface area contributed by atoms with E-state index in [1.165, 1.54) is 6.92 Å². The number of aromatic nitrogens is 1. The number of rotatable bonds is 3. The molecule has 1 heterocycles. The summed E-state index contributed by atoms with van der Waals surface area (Å²) in [6.07, 6.45) is -5.05. The highest BCUT2D eigenvalue weighted by molar-refractivity contribution is 5.94. The third kappa shape index (κ3) is 3.74. The zero-order valence-electron chi connectivity index (χ0n) is 9.61. The summed E-state index contributed by atoms with van der Waals surface area (Å²) in [6.45, 7) is 1.41. The number of carbonyl (C=O) groups excluding carboxylic acids is 1. The molecule has 0 aliphatic carbocycles. The largest absolute Gasteiger partial charge is 0.573 e. The van der Waals surface area contributed by atoms with Crippen LogP contribution in [0.2, 0.25) is 0 Å². The predicted octanol–water partition coefficient (Wildman–Crippen LogP) is 1.61. The van der Waals surface area contributed by atoms with Crippen LogP contribution in [0.15, 0.2) is 6.07 Å². The predicted molar refractivity (Wildman–Crippen MR) is 56.0 cm³/mol. The third-order valence-corrected chi connectivity index (χ3v) is 1.83. The van der Waals surface area contributed by atoms with E-state index in [9.17, 15) is 18.0 Å². The normalized spacial score (nSPS) is 10.7. The van der Waals surface area contributed by atoms with Crippen molar-refractivity contribution in [1.82, 2.24) is 4.98 Å². The summed E-state index contributed by atoms with van der Waals surface area (Å²) in [5, 5.41) is 8.64. The quantitative estimate of drug-likeness (QED) is 0.841. The van der Waals surface area contributed by atoms with Crippen LogP contribution >= 0.6 is 0 Å². The van der Waals surface area contributed by atoms with Crippen molar-refractivity contribution in [2.45, 2.75) is 13.3 Å². The first-order chi connectivity index (χ1) is 8.78. The standard InChI is InChI=1S/C10H8F3N3O3/c1-2-18-9(17)6-3-5(4-14)16-8(15)7(6)19-10(11,12)13/h3H,2H2,1H3,(H2,15,16). The summed E-state index contributed by atoms with van der Waals surface area (Å²) in [5.41, 5.74) is 4.31. The van der Waals surface area contributed by atoms with E-state index in [1.807, 2.05) is 0 Å². The number of nitrogen functional groups attached to an aromatic ring is 1. The van der Waals surface area contributed by atoms with Crippen LogP contribution in [-0.4, -0.2) is 23.9 Å². The Morgan fingerprint density at radius 1 is 1.58 bits per heavy atom. The molecule has 1 aromatic rings. The van der Waals surface area contributed by atoms with Gasteiger partial charge in [-0.15, -0.1) is 13.2 Å². The van der Waals surface area contributed by atoms with Gasteiger partial charge in [-0.3, -0.25) is 0 Å². The third-order valence-electron chi connectivity index (χ3n) is 1.83. The van der Waals surface area contributed by atoms with Crippen molar-refractivity contribution in [1.29, 1.82) is 5.26 Å². The lowest BCUT2D eigenvalue weighted by molar-refractivity contribution is -0.274. The van der Waals surface area contributed by atoms with E-state index in [0.29, 0.717) is 0 Å². The fourth-order valence-electron chi connectivity index (χ4n) is 1.19. The van der Waals surface area contributed by atoms with Crippen molar-refractivity contribution < 1.29 is 27.4 Å². The molecule has 0 unspecified atom stereocenters. The minimum absolute atomic E-state index is 0.0611. The summed E-state index contributed by atoms with van der Waals surface area (Å²) in [7, 11) is 0. The average molecular weight is 275 g/mol. The summed E-state index contributed by atoms with van der Waals surface area (Å²) in [6, 6.07) is 2.37. The van der Waals surface area contributed by atoms with Crippen LogP contribution in [0.4, 0.5) is 19.0 Å². The van der Waals surface area contributed by atoms with Crippen LogP contribution in [0.3, 0.4) is 0 Å². The highest BCUT2D eigenvalue weighted by Crippen LogP contribution is 2.31. The van der Waals surface area contributed by atoms with E-state index >= 15 is 0 Å². The second-order valence-corrected chi connectivity index (χ2v) is 3.15. The molecule has 0 aromatic carbocycles. The number of carbonyl (C=O) groups is 1. The SMILES string of the molecule is CCOC(=O)c1cc(C#N)nc(N)c1OC(F)(F)F. The molecule has 2 N–H and O–H groups in total. The molecule has 1 aromatic heterocycles. The van der Waals surface area contributed by atoms with E-state index in [1.54, 1.807) is 6.07 Å². The van der Waals surface area contributed by atoms with E-state index in [2.05, 4.69) is 14.5 Å². The lowest BCUT2D eigenvalue weighted by atomic mass is 10.2. The summed E-state index contributed by atoms with van der Waals surface area (Å²) in [4.78, 5) is 14.9. The van der Waals surface area contributed by atoms with E-state index in [0.717, 1.165) is 6.07 Å². The fraction of sp³-hybridized carbons (Fsp3) is 0.300. The van der Waals surface area contributed by atoms with E-state index in [-0.39, 0.29) is 12.3 Å². The van der Waals surface area contributed by atoms with E-state index < -0.39 is 29.5 Å². The maximum atomic E-state index is 12.2. The van der Waals surface area contributed by atoms with Crippen LogP contribution < -0.4 is 10.5 Å². The second-order valence-electron chi connectivity index (χ2n) is 3.15. The summed E-state index contributed by atoms with van der Waals surface area (Å²) in [5.74, 6) is -2.79. The van der Waals surface area contributed by atoms with Crippen LogP contribution in [0.5, 0.6) is 5.75 Å². The first kappa shape index (κ1) is 14.6. The minimum Gasteiger partial charge on any atom is -0.462 e. The first-order valence-electron chi connectivity index (χ1n) is 4.92. The maximum absolute atomic E-state index is 12.2. The fourth-order valence-corrected chi connectivity index (χ4v) is 1.19. The lowest BCUT2D eigenvalue weighted by Gasteiger charge is -2.14. The topological polar surface area (TPSA) is 98.2 Å². The summed E-state index contributed by atoms with van der Waals surface area (Å²) >= 11 is 0. The number of alkyl halides is 3. The van der Waals surface area contributed by atoms with Gasteiger partial charge < -0.3 is 15.2 Å². The van der Waals surface area contributed by atoms with Crippen LogP contribution in [-0.2, 0) is 4.74 Å². The van der Waals surface area contributed by atoms with Gasteiger partial charge in [-0.05, 0) is 13.0 Å². The molecule has 0 bridgehead atoms. The highest BCUT2D eigenvalue weighted by Gasteiger charge is 2.35. The second kappa shape index (κ2) is 5.43. The number of hydrogen-bond acceptors (Lipinski definition) is 6. The average Bonchev–Trinajstić information content (AvgIpc) is 2.30. The smallest absolute Gasteiger partial charge is 0.462 e. The van der Waals surface area contributed by atoms with E-state index in [4.69, 9.17) is 11.0 Å². The number of hydrogen-bond donors (Lipinski definition) is 1. The number of halogens is 3. The Hall–Kier alpha value is -2.50. The van der Waals surface area contributed by atoms with Gasteiger partial charge >= 0.3 is 12.3 Å². The molecule has 0 saturated heterocycles. The maximum Gasteiger partial charge on any atom is 0.573 e. The monoisotopic (exact) mass is 275 g/mol. The van der Waals surface area contributed by atoms with Gasteiger partial charge in [0.15, 0.2) is 11.6 Å². The molecule has 6 nitrogen and oxygen atoms in total. The molecule has 102 valence electrons. The molecule has 19 heavy (non-hydrogen) atoms. The Balaban J connectivity index is 3.34. The van der Waals surface area contributed by atoms with Crippen molar-refractivity contribution in [3.05, 3.63) is 17.3 Å². The molecule has 0 radical (unpaired) electrons. The Bertz CT molecular complexity index is 537. The zero-order chi connectivity index (χ0) is 14.6. The van der Waals surface area contributed by atoms with Crippen molar-refractivity contribution >= 4 is 11.8 Å². The number of pyridine rings is 1. The molecule has 9 heteroatoms. The Morgan fingerprint density at radius 2 is 2.21 bits per heavy atom. The van der Waals surface area contributed by atoms with Gasteiger partial charge in [-0.2, -0.15) is 5.26 Å². The number of nitrogens with zero attached hydrogens (tertiary/aromatic N) is 2. The van der Waals surface area contributed by atoms with Crippen LogP contribution in [0.1, 0.15) is 23.0 Å². The van der Waals surface area contributed by atoms with Gasteiger partial charge in [0.2, 0.25) is 0 Å². The van der Waals surface area contributed by atoms with Crippen molar-refractivity contribution in [3.8, 4) is 11.8 Å². The Morgan fingerprint density at radius 3 is 2.68 bits per heavy atom. The van der Waals surface area contributed by atoms with Gasteiger partial charge in [-0.1, -0.05) is 0 Å². The minimum atomic E-state index is -5.05. The molecule has 0 saturated carbocycles. The molecular weight excluding hydrogens is 267 g/mol. The van der Waals surface area contributed by atoms with Gasteiger partial charge in [0, 0.05) is 0 Å². The number of anilines is 1. The number of nitrogens with two attached hydrogens (primary N) is 1. The van der Waals surface area contributed by atoms with Crippen LogP contribution in [0.25, 0.3) is 0 Å². The van der Waals surface area contributed by atoms with Gasteiger partial charge in [-0.25, -0.2) is 9.78 Å². The summed E-state index contributed by atoms with van der Waals surface area (Å²) < 4.78 is 44.8.